The molecule has 2 fully saturated rings. The van der Waals surface area contributed by atoms with Gasteiger partial charge in [-0.05, 0) is 103 Å². The van der Waals surface area contributed by atoms with E-state index in [1.165, 1.54) is 5.57 Å². The molecule has 3 heterocycles. The third-order valence-electron chi connectivity index (χ3n) is 8.30. The molecule has 2 N–H and O–H groups in total. The molecule has 0 bridgehead atoms. The number of aromatic amines is 1. The van der Waals surface area contributed by atoms with E-state index in [4.69, 9.17) is 9.47 Å². The van der Waals surface area contributed by atoms with Crippen LogP contribution in [-0.4, -0.2) is 74.2 Å². The highest BCUT2D eigenvalue weighted by molar-refractivity contribution is 5.86. The van der Waals surface area contributed by atoms with E-state index in [9.17, 15) is 14.4 Å². The van der Waals surface area contributed by atoms with Crippen LogP contribution in [0.4, 0.5) is 9.59 Å². The number of ether oxygens (including phenoxy) is 2. The standard InChI is InChI=1S/C34H47N5O5/c1-33(2,3)43-31(41)38-19-7-9-27(38)29-35-21-26(37-29)24-13-11-22(12-14-24)23-15-17-25(18-16-23)36-30(40)28-10-8-20-39(28)32(42)44-34(4,5)6/h11-15,21,25,27-28H,7-10,16-20H2,1-6H3,(H,35,37)(H,36,40). The third kappa shape index (κ3) is 7.63. The van der Waals surface area contributed by atoms with Crippen molar-refractivity contribution in [1.82, 2.24) is 25.1 Å². The Balaban J connectivity index is 1.16. The third-order valence-corrected chi connectivity index (χ3v) is 8.30. The molecule has 2 saturated heterocycles. The number of amides is 3. The van der Waals surface area contributed by atoms with Gasteiger partial charge in [-0.3, -0.25) is 14.6 Å². The number of hydrogen-bond donors (Lipinski definition) is 2. The maximum Gasteiger partial charge on any atom is 0.410 e. The Morgan fingerprint density at radius 1 is 0.864 bits per heavy atom. The quantitative estimate of drug-likeness (QED) is 0.397. The highest BCUT2D eigenvalue weighted by atomic mass is 16.6. The summed E-state index contributed by atoms with van der Waals surface area (Å²) in [6, 6.07) is 7.89. The van der Waals surface area contributed by atoms with Gasteiger partial charge in [0.1, 0.15) is 23.1 Å². The second-order valence-corrected chi connectivity index (χ2v) is 14.1. The molecule has 2 aliphatic heterocycles. The number of rotatable bonds is 5. The normalized spacial score (nSPS) is 22.5. The Bertz CT molecular complexity index is 1380. The zero-order chi connectivity index (χ0) is 31.6. The molecule has 10 heteroatoms. The first-order valence-electron chi connectivity index (χ1n) is 15.9. The Kier molecular flexibility index (Phi) is 9.09. The molecule has 3 atom stereocenters. The van der Waals surface area contributed by atoms with E-state index in [1.54, 1.807) is 9.80 Å². The number of hydrogen-bond acceptors (Lipinski definition) is 6. The number of H-pyrrole nitrogens is 1. The molecule has 0 spiro atoms. The molecule has 5 rings (SSSR count). The lowest BCUT2D eigenvalue weighted by Crippen LogP contribution is -2.50. The van der Waals surface area contributed by atoms with Crippen LogP contribution in [0.25, 0.3) is 16.8 Å². The number of carbonyl (C=O) groups excluding carboxylic acids is 3. The zero-order valence-electron chi connectivity index (χ0n) is 26.9. The summed E-state index contributed by atoms with van der Waals surface area (Å²) in [6.45, 7) is 12.3. The number of nitrogens with zero attached hydrogens (tertiary/aromatic N) is 3. The van der Waals surface area contributed by atoms with E-state index in [0.717, 1.165) is 61.2 Å². The van der Waals surface area contributed by atoms with Crippen molar-refractivity contribution in [2.24, 2.45) is 0 Å². The minimum Gasteiger partial charge on any atom is -0.444 e. The van der Waals surface area contributed by atoms with E-state index in [1.807, 2.05) is 47.7 Å². The van der Waals surface area contributed by atoms with Crippen LogP contribution in [0.5, 0.6) is 0 Å². The predicted molar refractivity (Wildman–Crippen MR) is 169 cm³/mol. The number of allylic oxidation sites excluding steroid dienone is 1. The van der Waals surface area contributed by atoms with Crippen molar-refractivity contribution in [1.29, 1.82) is 0 Å². The van der Waals surface area contributed by atoms with E-state index >= 15 is 0 Å². The maximum absolute atomic E-state index is 13.1. The highest BCUT2D eigenvalue weighted by Crippen LogP contribution is 2.34. The Morgan fingerprint density at radius 2 is 1.48 bits per heavy atom. The van der Waals surface area contributed by atoms with Gasteiger partial charge in [-0.2, -0.15) is 0 Å². The number of carbonyl (C=O) groups is 3. The molecular weight excluding hydrogens is 558 g/mol. The zero-order valence-corrected chi connectivity index (χ0v) is 26.9. The topological polar surface area (TPSA) is 117 Å². The highest BCUT2D eigenvalue weighted by Gasteiger charge is 2.38. The molecule has 44 heavy (non-hydrogen) atoms. The van der Waals surface area contributed by atoms with Gasteiger partial charge in [0.15, 0.2) is 0 Å². The summed E-state index contributed by atoms with van der Waals surface area (Å²) >= 11 is 0. The fourth-order valence-corrected chi connectivity index (χ4v) is 6.21. The molecule has 0 saturated carbocycles. The maximum atomic E-state index is 13.1. The Labute approximate surface area is 260 Å². The lowest BCUT2D eigenvalue weighted by atomic mass is 9.90. The van der Waals surface area contributed by atoms with Gasteiger partial charge in [0.2, 0.25) is 5.91 Å². The van der Waals surface area contributed by atoms with E-state index in [2.05, 4.69) is 45.6 Å². The lowest BCUT2D eigenvalue weighted by molar-refractivity contribution is -0.126. The van der Waals surface area contributed by atoms with E-state index in [0.29, 0.717) is 19.5 Å². The molecule has 0 radical (unpaired) electrons. The van der Waals surface area contributed by atoms with Crippen LogP contribution in [-0.2, 0) is 14.3 Å². The van der Waals surface area contributed by atoms with E-state index < -0.39 is 23.3 Å². The summed E-state index contributed by atoms with van der Waals surface area (Å²) < 4.78 is 11.1. The Hall–Kier alpha value is -3.82. The summed E-state index contributed by atoms with van der Waals surface area (Å²) in [6.07, 6.45) is 9.01. The summed E-state index contributed by atoms with van der Waals surface area (Å²) in [7, 11) is 0. The van der Waals surface area contributed by atoms with Crippen molar-refractivity contribution in [3.63, 3.8) is 0 Å². The van der Waals surface area contributed by atoms with Crippen molar-refractivity contribution in [3.8, 4) is 11.3 Å². The van der Waals surface area contributed by atoms with Crippen molar-refractivity contribution in [3.05, 3.63) is 47.9 Å². The van der Waals surface area contributed by atoms with Crippen molar-refractivity contribution in [2.45, 2.75) is 116 Å². The van der Waals surface area contributed by atoms with Gasteiger partial charge < -0.3 is 19.8 Å². The van der Waals surface area contributed by atoms with Crippen LogP contribution >= 0.6 is 0 Å². The minimum absolute atomic E-state index is 0.0471. The van der Waals surface area contributed by atoms with Crippen LogP contribution in [0.3, 0.4) is 0 Å². The first kappa shape index (κ1) is 31.6. The molecule has 1 aliphatic carbocycles. The molecular formula is C34H47N5O5. The van der Waals surface area contributed by atoms with Gasteiger partial charge in [-0.1, -0.05) is 30.3 Å². The van der Waals surface area contributed by atoms with Gasteiger partial charge in [0.05, 0.1) is 17.9 Å². The first-order chi connectivity index (χ1) is 20.8. The molecule has 3 amide bonds. The molecule has 1 aromatic heterocycles. The van der Waals surface area contributed by atoms with Crippen molar-refractivity contribution >= 4 is 23.7 Å². The smallest absolute Gasteiger partial charge is 0.410 e. The molecule has 3 unspecified atom stereocenters. The van der Waals surface area contributed by atoms with Crippen LogP contribution in [0, 0.1) is 0 Å². The average molecular weight is 606 g/mol. The number of nitrogens with one attached hydrogen (secondary N) is 2. The fourth-order valence-electron chi connectivity index (χ4n) is 6.21. The van der Waals surface area contributed by atoms with Crippen LogP contribution in [0.1, 0.15) is 104 Å². The summed E-state index contributed by atoms with van der Waals surface area (Å²) in [5, 5.41) is 3.18. The van der Waals surface area contributed by atoms with Crippen LogP contribution < -0.4 is 5.32 Å². The van der Waals surface area contributed by atoms with Crippen molar-refractivity contribution < 1.29 is 23.9 Å². The number of likely N-dealkylation sites (tertiary alicyclic amines) is 2. The Morgan fingerprint density at radius 3 is 2.11 bits per heavy atom. The molecule has 3 aliphatic rings. The van der Waals surface area contributed by atoms with Gasteiger partial charge >= 0.3 is 12.2 Å². The SMILES string of the molecule is CC(C)(C)OC(=O)N1CCCC1C(=O)NC1CC=C(c2ccc(-c3cnc(C4CCCN4C(=O)OC(C)(C)C)[nH]3)cc2)CC1. The summed E-state index contributed by atoms with van der Waals surface area (Å²) in [5.41, 5.74) is 3.24. The van der Waals surface area contributed by atoms with Gasteiger partial charge in [-0.25, -0.2) is 14.6 Å². The van der Waals surface area contributed by atoms with Crippen LogP contribution in [0.2, 0.25) is 0 Å². The predicted octanol–water partition coefficient (Wildman–Crippen LogP) is 6.60. The second-order valence-electron chi connectivity index (χ2n) is 14.1. The largest absolute Gasteiger partial charge is 0.444 e. The van der Waals surface area contributed by atoms with Gasteiger partial charge in [0, 0.05) is 19.1 Å². The minimum atomic E-state index is -0.592. The fraction of sp³-hybridized carbons (Fsp3) is 0.588. The van der Waals surface area contributed by atoms with Crippen molar-refractivity contribution in [2.75, 3.05) is 13.1 Å². The number of aromatic nitrogens is 2. The van der Waals surface area contributed by atoms with E-state index in [-0.39, 0.29) is 24.1 Å². The number of imidazole rings is 1. The van der Waals surface area contributed by atoms with Gasteiger partial charge in [-0.15, -0.1) is 0 Å². The number of benzene rings is 1. The first-order valence-corrected chi connectivity index (χ1v) is 15.9. The lowest BCUT2D eigenvalue weighted by Gasteiger charge is -2.30. The monoisotopic (exact) mass is 605 g/mol. The average Bonchev–Trinajstić information content (AvgIpc) is 3.72. The molecule has 2 aromatic rings. The summed E-state index contributed by atoms with van der Waals surface area (Å²) in [4.78, 5) is 49.9. The summed E-state index contributed by atoms with van der Waals surface area (Å²) in [5.74, 6) is 0.688. The molecule has 10 nitrogen and oxygen atoms in total. The molecule has 1 aromatic carbocycles. The van der Waals surface area contributed by atoms with Gasteiger partial charge in [0.25, 0.3) is 0 Å². The second kappa shape index (κ2) is 12.7. The molecule has 238 valence electrons. The van der Waals surface area contributed by atoms with Crippen LogP contribution in [0.15, 0.2) is 36.5 Å².